The molecule has 0 saturated heterocycles. The molecule has 1 aromatic rings. The second kappa shape index (κ2) is 6.01. The molecule has 26 heavy (non-hydrogen) atoms. The minimum Gasteiger partial charge on any atom is -0.497 e. The van der Waals surface area contributed by atoms with Gasteiger partial charge in [-0.25, -0.2) is 4.39 Å². The smallest absolute Gasteiger partial charge is 0.304 e. The van der Waals surface area contributed by atoms with E-state index in [1.54, 1.807) is 7.11 Å². The van der Waals surface area contributed by atoms with Gasteiger partial charge in [-0.05, 0) is 79.5 Å². The number of rotatable bonds is 2. The van der Waals surface area contributed by atoms with Crippen molar-refractivity contribution >= 4 is 0 Å². The van der Waals surface area contributed by atoms with E-state index in [9.17, 15) is 18.3 Å². The molecule has 1 aromatic carbocycles. The molecule has 0 unspecified atom stereocenters. The number of fused-ring (bicyclic) bond motifs is 5. The summed E-state index contributed by atoms with van der Waals surface area (Å²) in [5.74, 6) is -0.0382. The first-order valence-corrected chi connectivity index (χ1v) is 9.42. The molecular weight excluding hydrogens is 341 g/mol. The van der Waals surface area contributed by atoms with E-state index < -0.39 is 22.9 Å². The lowest BCUT2D eigenvalue weighted by Gasteiger charge is -2.52. The Bertz CT molecular complexity index is 758. The number of benzene rings is 1. The number of aliphatic hydroxyl groups is 1. The summed E-state index contributed by atoms with van der Waals surface area (Å²) >= 11 is 0. The zero-order valence-corrected chi connectivity index (χ0v) is 15.2. The fourth-order valence-corrected chi connectivity index (χ4v) is 6.22. The normalized spacial score (nSPS) is 38.2. The van der Waals surface area contributed by atoms with Crippen molar-refractivity contribution < 1.29 is 23.0 Å². The molecule has 2 nitrogen and oxygen atoms in total. The van der Waals surface area contributed by atoms with Crippen LogP contribution >= 0.6 is 0 Å². The second-order valence-electron chi connectivity index (χ2n) is 8.41. The molecule has 0 heterocycles. The average molecular weight is 366 g/mol. The fourth-order valence-electron chi connectivity index (χ4n) is 6.22. The van der Waals surface area contributed by atoms with E-state index in [2.05, 4.69) is 12.1 Å². The maximum absolute atomic E-state index is 14.2. The predicted molar refractivity (Wildman–Crippen MR) is 92.9 cm³/mol. The van der Waals surface area contributed by atoms with Gasteiger partial charge < -0.3 is 9.84 Å². The Hall–Kier alpha value is -1.49. The van der Waals surface area contributed by atoms with Gasteiger partial charge in [-0.1, -0.05) is 13.0 Å². The van der Waals surface area contributed by atoms with Crippen LogP contribution in [0.2, 0.25) is 0 Å². The van der Waals surface area contributed by atoms with Crippen molar-refractivity contribution in [3.8, 4) is 5.75 Å². The predicted octanol–water partition coefficient (Wildman–Crippen LogP) is 5.36. The van der Waals surface area contributed by atoms with Crippen LogP contribution in [0.4, 0.5) is 13.2 Å². The van der Waals surface area contributed by atoms with Crippen molar-refractivity contribution in [3.05, 3.63) is 41.2 Å². The Labute approximate surface area is 152 Å². The lowest BCUT2D eigenvalue weighted by atomic mass is 9.53. The summed E-state index contributed by atoms with van der Waals surface area (Å²) in [7, 11) is 1.66. The molecule has 5 heteroatoms. The molecule has 0 aliphatic heterocycles. The number of halogens is 3. The third kappa shape index (κ3) is 2.29. The maximum Gasteiger partial charge on any atom is 0.304 e. The topological polar surface area (TPSA) is 29.5 Å². The molecule has 0 amide bonds. The summed E-state index contributed by atoms with van der Waals surface area (Å²) in [6.45, 7) is 1.81. The summed E-state index contributed by atoms with van der Waals surface area (Å²) in [5.41, 5.74) is -0.247. The SMILES string of the molecule is COc1ccc2c(c1)CC[C@H]1[C@@H]2CC[C@]2(C)[C@H]1CC[C@]2(O)C(F)=C(F)F. The van der Waals surface area contributed by atoms with E-state index in [1.165, 1.54) is 11.1 Å². The lowest BCUT2D eigenvalue weighted by Crippen LogP contribution is -2.51. The number of methoxy groups -OCH3 is 1. The first-order chi connectivity index (χ1) is 12.3. The molecule has 0 bridgehead atoms. The summed E-state index contributed by atoms with van der Waals surface area (Å²) in [4.78, 5) is 0. The average Bonchev–Trinajstić information content (AvgIpc) is 2.92. The molecule has 0 spiro atoms. The monoisotopic (exact) mass is 366 g/mol. The maximum atomic E-state index is 14.2. The Balaban J connectivity index is 1.69. The molecule has 0 aromatic heterocycles. The van der Waals surface area contributed by atoms with Crippen molar-refractivity contribution in [2.24, 2.45) is 17.3 Å². The number of ether oxygens (including phenoxy) is 1. The minimum atomic E-state index is -2.38. The highest BCUT2D eigenvalue weighted by Crippen LogP contribution is 2.66. The summed E-state index contributed by atoms with van der Waals surface area (Å²) in [6, 6.07) is 6.18. The van der Waals surface area contributed by atoms with Gasteiger partial charge in [0.05, 0.1) is 7.11 Å². The Kier molecular flexibility index (Phi) is 4.14. The van der Waals surface area contributed by atoms with Gasteiger partial charge in [-0.15, -0.1) is 0 Å². The zero-order chi connectivity index (χ0) is 18.7. The Morgan fingerprint density at radius 2 is 1.92 bits per heavy atom. The van der Waals surface area contributed by atoms with Crippen molar-refractivity contribution in [3.63, 3.8) is 0 Å². The second-order valence-corrected chi connectivity index (χ2v) is 8.41. The highest BCUT2D eigenvalue weighted by Gasteiger charge is 2.64. The van der Waals surface area contributed by atoms with E-state index >= 15 is 0 Å². The van der Waals surface area contributed by atoms with Gasteiger partial charge in [0, 0.05) is 5.41 Å². The van der Waals surface area contributed by atoms with Crippen LogP contribution in [-0.4, -0.2) is 17.8 Å². The fraction of sp³-hybridized carbons (Fsp3) is 0.619. The molecule has 4 rings (SSSR count). The van der Waals surface area contributed by atoms with E-state index in [1.807, 2.05) is 13.0 Å². The first-order valence-electron chi connectivity index (χ1n) is 9.42. The number of hydrogen-bond acceptors (Lipinski definition) is 2. The van der Waals surface area contributed by atoms with Crippen molar-refractivity contribution in [1.29, 1.82) is 0 Å². The summed E-state index contributed by atoms with van der Waals surface area (Å²) in [6.07, 6.45) is 1.51. The largest absolute Gasteiger partial charge is 0.497 e. The van der Waals surface area contributed by atoms with Crippen LogP contribution in [0.3, 0.4) is 0 Å². The van der Waals surface area contributed by atoms with Crippen LogP contribution in [-0.2, 0) is 6.42 Å². The van der Waals surface area contributed by atoms with Crippen molar-refractivity contribution in [1.82, 2.24) is 0 Å². The van der Waals surface area contributed by atoms with Gasteiger partial charge in [0.2, 0.25) is 0 Å². The van der Waals surface area contributed by atoms with Gasteiger partial charge >= 0.3 is 6.08 Å². The molecule has 0 radical (unpaired) electrons. The first kappa shape index (κ1) is 17.9. The molecular formula is C21H25F3O2. The highest BCUT2D eigenvalue weighted by atomic mass is 19.3. The van der Waals surface area contributed by atoms with Crippen LogP contribution < -0.4 is 4.74 Å². The van der Waals surface area contributed by atoms with E-state index in [4.69, 9.17) is 4.74 Å². The minimum absolute atomic E-state index is 0.0617. The van der Waals surface area contributed by atoms with Gasteiger partial charge in [0.15, 0.2) is 5.83 Å². The molecule has 142 valence electrons. The number of aryl methyl sites for hydroxylation is 1. The van der Waals surface area contributed by atoms with Crippen LogP contribution in [0.25, 0.3) is 0 Å². The van der Waals surface area contributed by atoms with Crippen LogP contribution in [0.5, 0.6) is 5.75 Å². The van der Waals surface area contributed by atoms with E-state index in [0.29, 0.717) is 24.7 Å². The van der Waals surface area contributed by atoms with Crippen LogP contribution in [0, 0.1) is 17.3 Å². The molecule has 2 saturated carbocycles. The highest BCUT2D eigenvalue weighted by molar-refractivity contribution is 5.41. The van der Waals surface area contributed by atoms with E-state index in [-0.39, 0.29) is 12.3 Å². The third-order valence-electron chi connectivity index (χ3n) is 7.61. The molecule has 1 N–H and O–H groups in total. The lowest BCUT2D eigenvalue weighted by molar-refractivity contribution is -0.0927. The van der Waals surface area contributed by atoms with Crippen molar-refractivity contribution in [2.45, 2.75) is 57.0 Å². The molecule has 5 atom stereocenters. The molecule has 3 aliphatic carbocycles. The number of hydrogen-bond donors (Lipinski definition) is 1. The Morgan fingerprint density at radius 1 is 1.15 bits per heavy atom. The van der Waals surface area contributed by atoms with Crippen LogP contribution in [0.15, 0.2) is 30.1 Å². The van der Waals surface area contributed by atoms with Gasteiger partial charge in [0.25, 0.3) is 0 Å². The summed E-state index contributed by atoms with van der Waals surface area (Å²) in [5, 5.41) is 10.9. The van der Waals surface area contributed by atoms with Gasteiger partial charge in [-0.2, -0.15) is 8.78 Å². The standard InChI is InChI=1S/C21H25F3O2/c1-20-9-7-15-14-6-4-13(26-2)11-12(14)3-5-16(15)17(20)8-10-21(20,25)18(22)19(23)24/h4,6,11,15-17,25H,3,5,7-10H2,1-2H3/t15-,16+,17+,20-,21+/m1/s1. The molecule has 3 aliphatic rings. The molecule has 2 fully saturated rings. The Morgan fingerprint density at radius 3 is 2.62 bits per heavy atom. The van der Waals surface area contributed by atoms with Gasteiger partial charge in [-0.3, -0.25) is 0 Å². The quantitative estimate of drug-likeness (QED) is 0.763. The summed E-state index contributed by atoms with van der Waals surface area (Å²) < 4.78 is 45.5. The van der Waals surface area contributed by atoms with E-state index in [0.717, 1.165) is 25.0 Å². The zero-order valence-electron chi connectivity index (χ0n) is 15.2. The van der Waals surface area contributed by atoms with Crippen molar-refractivity contribution in [2.75, 3.05) is 7.11 Å². The van der Waals surface area contributed by atoms with Gasteiger partial charge in [0.1, 0.15) is 11.4 Å². The van der Waals surface area contributed by atoms with Crippen LogP contribution in [0.1, 0.15) is 56.1 Å². The third-order valence-corrected chi connectivity index (χ3v) is 7.61.